The highest BCUT2D eigenvalue weighted by Crippen LogP contribution is 2.22. The standard InChI is InChI=1S/C19H24N2O2S/c1-15(2)23-17-7-5-16(6-8-17)20-9-11-21(12-10-20)19(22)14-18-4-3-13-24-18/h3-8,13,15H,9-12,14H2,1-2H3. The Labute approximate surface area is 147 Å². The molecule has 0 atom stereocenters. The highest BCUT2D eigenvalue weighted by molar-refractivity contribution is 7.10. The van der Waals surface area contributed by atoms with Crippen molar-refractivity contribution in [2.45, 2.75) is 26.4 Å². The number of carbonyl (C=O) groups excluding carboxylic acids is 1. The van der Waals surface area contributed by atoms with Crippen molar-refractivity contribution in [1.82, 2.24) is 4.90 Å². The molecule has 1 amide bonds. The van der Waals surface area contributed by atoms with E-state index in [9.17, 15) is 4.79 Å². The maximum absolute atomic E-state index is 12.4. The normalized spacial score (nSPS) is 15.0. The average molecular weight is 344 g/mol. The first-order valence-corrected chi connectivity index (χ1v) is 9.31. The number of amides is 1. The molecule has 1 aliphatic heterocycles. The average Bonchev–Trinajstić information content (AvgIpc) is 3.08. The van der Waals surface area contributed by atoms with Gasteiger partial charge in [-0.25, -0.2) is 0 Å². The molecule has 1 aromatic carbocycles. The molecule has 2 aromatic rings. The van der Waals surface area contributed by atoms with Gasteiger partial charge < -0.3 is 14.5 Å². The number of piperazine rings is 1. The lowest BCUT2D eigenvalue weighted by molar-refractivity contribution is -0.130. The predicted molar refractivity (Wildman–Crippen MR) is 99.0 cm³/mol. The Morgan fingerprint density at radius 3 is 2.42 bits per heavy atom. The third-order valence-electron chi connectivity index (χ3n) is 4.11. The van der Waals surface area contributed by atoms with Crippen LogP contribution in [0.15, 0.2) is 41.8 Å². The maximum atomic E-state index is 12.4. The second-order valence-corrected chi connectivity index (χ2v) is 7.32. The molecule has 1 aromatic heterocycles. The van der Waals surface area contributed by atoms with E-state index >= 15 is 0 Å². The lowest BCUT2D eigenvalue weighted by atomic mass is 10.2. The summed E-state index contributed by atoms with van der Waals surface area (Å²) in [6.45, 7) is 7.38. The van der Waals surface area contributed by atoms with Crippen LogP contribution in [0.4, 0.5) is 5.69 Å². The minimum Gasteiger partial charge on any atom is -0.491 e. The number of hydrogen-bond donors (Lipinski definition) is 0. The maximum Gasteiger partial charge on any atom is 0.227 e. The van der Waals surface area contributed by atoms with E-state index in [1.807, 2.05) is 48.4 Å². The molecular formula is C19H24N2O2S. The summed E-state index contributed by atoms with van der Waals surface area (Å²) in [5.74, 6) is 1.14. The van der Waals surface area contributed by atoms with E-state index in [1.165, 1.54) is 5.69 Å². The Morgan fingerprint density at radius 1 is 1.12 bits per heavy atom. The first-order valence-electron chi connectivity index (χ1n) is 8.43. The Hall–Kier alpha value is -2.01. The Balaban J connectivity index is 1.52. The third-order valence-corrected chi connectivity index (χ3v) is 4.99. The molecule has 0 spiro atoms. The van der Waals surface area contributed by atoms with Gasteiger partial charge in [0.25, 0.3) is 0 Å². The van der Waals surface area contributed by atoms with Gasteiger partial charge in [-0.05, 0) is 49.6 Å². The SMILES string of the molecule is CC(C)Oc1ccc(N2CCN(C(=O)Cc3cccs3)CC2)cc1. The molecule has 0 N–H and O–H groups in total. The summed E-state index contributed by atoms with van der Waals surface area (Å²) in [5, 5.41) is 2.02. The molecule has 2 heterocycles. The number of hydrogen-bond acceptors (Lipinski definition) is 4. The first-order chi connectivity index (χ1) is 11.6. The van der Waals surface area contributed by atoms with Gasteiger partial charge in [-0.1, -0.05) is 6.07 Å². The van der Waals surface area contributed by atoms with Crippen molar-refractivity contribution in [1.29, 1.82) is 0 Å². The largest absolute Gasteiger partial charge is 0.491 e. The number of nitrogens with zero attached hydrogens (tertiary/aromatic N) is 2. The molecule has 4 nitrogen and oxygen atoms in total. The monoisotopic (exact) mass is 344 g/mol. The van der Waals surface area contributed by atoms with Crippen LogP contribution in [0.3, 0.4) is 0 Å². The van der Waals surface area contributed by atoms with E-state index in [1.54, 1.807) is 11.3 Å². The van der Waals surface area contributed by atoms with Gasteiger partial charge >= 0.3 is 0 Å². The number of anilines is 1. The quantitative estimate of drug-likeness (QED) is 0.833. The minimum absolute atomic E-state index is 0.189. The summed E-state index contributed by atoms with van der Waals surface area (Å²) >= 11 is 1.65. The number of rotatable bonds is 5. The zero-order valence-electron chi connectivity index (χ0n) is 14.3. The smallest absolute Gasteiger partial charge is 0.227 e. The molecule has 1 saturated heterocycles. The second-order valence-electron chi connectivity index (χ2n) is 6.28. The molecule has 24 heavy (non-hydrogen) atoms. The zero-order chi connectivity index (χ0) is 16.9. The van der Waals surface area contributed by atoms with E-state index in [4.69, 9.17) is 4.74 Å². The lowest BCUT2D eigenvalue weighted by Gasteiger charge is -2.36. The third kappa shape index (κ3) is 4.29. The molecule has 0 unspecified atom stereocenters. The number of thiophene rings is 1. The zero-order valence-corrected chi connectivity index (χ0v) is 15.1. The molecule has 5 heteroatoms. The summed E-state index contributed by atoms with van der Waals surface area (Å²) in [5.41, 5.74) is 1.19. The van der Waals surface area contributed by atoms with Crippen LogP contribution in [-0.2, 0) is 11.2 Å². The first kappa shape index (κ1) is 16.8. The van der Waals surface area contributed by atoms with Crippen LogP contribution in [0.2, 0.25) is 0 Å². The number of benzene rings is 1. The van der Waals surface area contributed by atoms with E-state index < -0.39 is 0 Å². The molecule has 1 aliphatic rings. The fourth-order valence-corrected chi connectivity index (χ4v) is 3.59. The molecule has 0 saturated carbocycles. The van der Waals surface area contributed by atoms with Crippen LogP contribution in [0.25, 0.3) is 0 Å². The van der Waals surface area contributed by atoms with Gasteiger partial charge in [-0.3, -0.25) is 4.79 Å². The summed E-state index contributed by atoms with van der Waals surface area (Å²) in [4.78, 5) is 17.8. The van der Waals surface area contributed by atoms with Crippen molar-refractivity contribution in [2.75, 3.05) is 31.1 Å². The van der Waals surface area contributed by atoms with Crippen molar-refractivity contribution in [3.05, 3.63) is 46.7 Å². The fraction of sp³-hybridized carbons (Fsp3) is 0.421. The van der Waals surface area contributed by atoms with Gasteiger partial charge in [0.05, 0.1) is 12.5 Å². The van der Waals surface area contributed by atoms with Crippen molar-refractivity contribution in [3.63, 3.8) is 0 Å². The number of ether oxygens (including phenoxy) is 1. The highest BCUT2D eigenvalue weighted by Gasteiger charge is 2.21. The van der Waals surface area contributed by atoms with Crippen LogP contribution >= 0.6 is 11.3 Å². The molecular weight excluding hydrogens is 320 g/mol. The molecule has 0 bridgehead atoms. The van der Waals surface area contributed by atoms with Gasteiger partial charge in [-0.15, -0.1) is 11.3 Å². The summed E-state index contributed by atoms with van der Waals surface area (Å²) in [6, 6.07) is 12.3. The van der Waals surface area contributed by atoms with Gasteiger partial charge in [-0.2, -0.15) is 0 Å². The van der Waals surface area contributed by atoms with Gasteiger partial charge in [0, 0.05) is 36.7 Å². The Bertz CT molecular complexity index is 645. The van der Waals surface area contributed by atoms with Gasteiger partial charge in [0.1, 0.15) is 5.75 Å². The topological polar surface area (TPSA) is 32.8 Å². The fourth-order valence-electron chi connectivity index (χ4n) is 2.90. The van der Waals surface area contributed by atoms with E-state index in [2.05, 4.69) is 17.0 Å². The van der Waals surface area contributed by atoms with Crippen LogP contribution < -0.4 is 9.64 Å². The van der Waals surface area contributed by atoms with E-state index in [0.717, 1.165) is 36.8 Å². The van der Waals surface area contributed by atoms with Crippen LogP contribution in [0.5, 0.6) is 5.75 Å². The second kappa shape index (κ2) is 7.71. The summed E-state index contributed by atoms with van der Waals surface area (Å²) in [7, 11) is 0. The number of carbonyl (C=O) groups is 1. The van der Waals surface area contributed by atoms with Gasteiger partial charge in [0.2, 0.25) is 5.91 Å². The van der Waals surface area contributed by atoms with Crippen LogP contribution in [0, 0.1) is 0 Å². The molecule has 128 valence electrons. The van der Waals surface area contributed by atoms with Crippen molar-refractivity contribution in [2.24, 2.45) is 0 Å². The molecule has 0 radical (unpaired) electrons. The Kier molecular flexibility index (Phi) is 5.41. The van der Waals surface area contributed by atoms with Gasteiger partial charge in [0.15, 0.2) is 0 Å². The Morgan fingerprint density at radius 2 is 1.83 bits per heavy atom. The minimum atomic E-state index is 0.189. The van der Waals surface area contributed by atoms with Crippen molar-refractivity contribution in [3.8, 4) is 5.75 Å². The summed E-state index contributed by atoms with van der Waals surface area (Å²) < 4.78 is 5.68. The highest BCUT2D eigenvalue weighted by atomic mass is 32.1. The van der Waals surface area contributed by atoms with E-state index in [0.29, 0.717) is 6.42 Å². The molecule has 0 aliphatic carbocycles. The lowest BCUT2D eigenvalue weighted by Crippen LogP contribution is -2.49. The predicted octanol–water partition coefficient (Wildman–Crippen LogP) is 3.43. The van der Waals surface area contributed by atoms with Crippen LogP contribution in [-0.4, -0.2) is 43.1 Å². The van der Waals surface area contributed by atoms with Crippen molar-refractivity contribution >= 4 is 22.9 Å². The summed E-state index contributed by atoms with van der Waals surface area (Å²) in [6.07, 6.45) is 0.715. The van der Waals surface area contributed by atoms with Crippen molar-refractivity contribution < 1.29 is 9.53 Å². The molecule has 3 rings (SSSR count). The van der Waals surface area contributed by atoms with Crippen LogP contribution in [0.1, 0.15) is 18.7 Å². The molecule has 1 fully saturated rings. The van der Waals surface area contributed by atoms with E-state index in [-0.39, 0.29) is 12.0 Å².